The van der Waals surface area contributed by atoms with Gasteiger partial charge in [0, 0.05) is 25.1 Å². The molecule has 5 aromatic carbocycles. The number of Topliss-reactive ketones (excluding diaryl/α,β-unsaturated/α-hetero) is 1. The molecule has 1 amide bonds. The zero-order valence-electron chi connectivity index (χ0n) is 30.7. The summed E-state index contributed by atoms with van der Waals surface area (Å²) < 4.78 is 7.32. The molecule has 53 heavy (non-hydrogen) atoms. The highest BCUT2D eigenvalue weighted by Gasteiger charge is 2.42. The fraction of sp³-hybridized carbons (Fsp3) is 0.250. The molecule has 0 radical (unpaired) electrons. The van der Waals surface area contributed by atoms with Crippen molar-refractivity contribution in [2.45, 2.75) is 64.3 Å². The van der Waals surface area contributed by atoms with E-state index in [2.05, 4.69) is 81.6 Å². The molecule has 0 fully saturated rings. The van der Waals surface area contributed by atoms with E-state index in [1.54, 1.807) is 0 Å². The predicted molar refractivity (Wildman–Crippen MR) is 208 cm³/mol. The monoisotopic (exact) mass is 706 g/mol. The maximum Gasteiger partial charge on any atom is 0.407 e. The number of carbonyl (C=O) groups is 2. The molecule has 1 heterocycles. The smallest absolute Gasteiger partial charge is 0.407 e. The topological polar surface area (TPSA) is 111 Å². The van der Waals surface area contributed by atoms with Gasteiger partial charge in [0.15, 0.2) is 11.6 Å². The van der Waals surface area contributed by atoms with Gasteiger partial charge in [0.25, 0.3) is 0 Å². The Balaban J connectivity index is 1.33. The van der Waals surface area contributed by atoms with Gasteiger partial charge in [0.2, 0.25) is 0 Å². The Morgan fingerprint density at radius 3 is 1.77 bits per heavy atom. The molecular formula is C44H46N6O3. The van der Waals surface area contributed by atoms with E-state index in [9.17, 15) is 9.59 Å². The lowest BCUT2D eigenvalue weighted by Crippen LogP contribution is -2.46. The second-order valence-corrected chi connectivity index (χ2v) is 14.0. The van der Waals surface area contributed by atoms with Gasteiger partial charge in [-0.1, -0.05) is 146 Å². The highest BCUT2D eigenvalue weighted by molar-refractivity contribution is 5.85. The minimum atomic E-state index is -0.880. The molecule has 1 unspecified atom stereocenters. The Hall–Kier alpha value is -5.93. The first-order chi connectivity index (χ1) is 25.7. The first-order valence-electron chi connectivity index (χ1n) is 18.1. The Morgan fingerprint density at radius 2 is 1.25 bits per heavy atom. The summed E-state index contributed by atoms with van der Waals surface area (Å²) in [5, 5.41) is 19.8. The van der Waals surface area contributed by atoms with Crippen LogP contribution in [0.1, 0.15) is 62.8 Å². The van der Waals surface area contributed by atoms with Crippen molar-refractivity contribution in [3.63, 3.8) is 0 Å². The van der Waals surface area contributed by atoms with Crippen molar-refractivity contribution in [3.05, 3.63) is 162 Å². The number of rotatable bonds is 14. The molecular weight excluding hydrogens is 661 g/mol. The number of tetrazole rings is 1. The van der Waals surface area contributed by atoms with Gasteiger partial charge in [-0.05, 0) is 71.0 Å². The Morgan fingerprint density at radius 1 is 0.717 bits per heavy atom. The highest BCUT2D eigenvalue weighted by Crippen LogP contribution is 2.43. The third-order valence-electron chi connectivity index (χ3n) is 9.08. The number of benzene rings is 5. The van der Waals surface area contributed by atoms with Gasteiger partial charge in [-0.2, -0.15) is 0 Å². The minimum absolute atomic E-state index is 0.0458. The second kappa shape index (κ2) is 16.6. The van der Waals surface area contributed by atoms with E-state index >= 15 is 0 Å². The van der Waals surface area contributed by atoms with Crippen molar-refractivity contribution in [1.82, 2.24) is 30.8 Å². The number of alkyl carbamates (subject to hydrolysis) is 1. The zero-order valence-corrected chi connectivity index (χ0v) is 30.7. The van der Waals surface area contributed by atoms with Crippen molar-refractivity contribution < 1.29 is 14.3 Å². The number of amides is 1. The van der Waals surface area contributed by atoms with Crippen LogP contribution in [0.5, 0.6) is 0 Å². The molecule has 0 aliphatic carbocycles. The summed E-state index contributed by atoms with van der Waals surface area (Å²) in [6.07, 6.45) is 0.601. The Labute approximate surface area is 311 Å². The van der Waals surface area contributed by atoms with Crippen LogP contribution in [0.4, 0.5) is 4.79 Å². The van der Waals surface area contributed by atoms with Crippen molar-refractivity contribution in [2.24, 2.45) is 0 Å². The SMILES string of the molecule is CCCC(=O)C(CNC(=O)OC(C)(C)C)NCc1ccc(-c2ccccc2-c2nnnn2C(c2ccccc2)(c2ccccc2)c2ccccc2)cc1. The van der Waals surface area contributed by atoms with E-state index in [0.717, 1.165) is 45.4 Å². The van der Waals surface area contributed by atoms with Crippen LogP contribution in [-0.4, -0.2) is 50.3 Å². The molecule has 6 rings (SSSR count). The summed E-state index contributed by atoms with van der Waals surface area (Å²) in [5.41, 5.74) is 5.43. The Bertz CT molecular complexity index is 2000. The molecule has 1 atom stereocenters. The molecule has 9 heteroatoms. The summed E-state index contributed by atoms with van der Waals surface area (Å²) in [7, 11) is 0. The van der Waals surface area contributed by atoms with E-state index in [4.69, 9.17) is 9.95 Å². The standard InChI is InChI=1S/C44H46N6O3/c1-5-17-40(51)39(31-46-42(52)53-43(2,3)4)45-30-32-26-28-33(29-27-32)37-24-15-16-25-38(37)41-47-48-49-50(41)44(34-18-9-6-10-19-34,35-20-11-7-12-21-35)36-22-13-8-14-23-36/h6-16,18-29,39,45H,5,17,30-31H2,1-4H3,(H,46,52). The van der Waals surface area contributed by atoms with E-state index in [1.807, 2.05) is 111 Å². The summed E-state index contributed by atoms with van der Waals surface area (Å²) in [4.78, 5) is 25.3. The van der Waals surface area contributed by atoms with E-state index in [1.165, 1.54) is 0 Å². The number of aromatic nitrogens is 4. The van der Waals surface area contributed by atoms with Crippen LogP contribution in [0.3, 0.4) is 0 Å². The zero-order chi connectivity index (χ0) is 37.3. The number of ketones is 1. The summed E-state index contributed by atoms with van der Waals surface area (Å²) >= 11 is 0. The number of carbonyl (C=O) groups excluding carboxylic acids is 2. The molecule has 1 aromatic heterocycles. The van der Waals surface area contributed by atoms with E-state index < -0.39 is 23.3 Å². The van der Waals surface area contributed by atoms with Gasteiger partial charge in [0.05, 0.1) is 6.04 Å². The van der Waals surface area contributed by atoms with Crippen molar-refractivity contribution >= 4 is 11.9 Å². The first kappa shape index (κ1) is 36.8. The van der Waals surface area contributed by atoms with Gasteiger partial charge in [-0.15, -0.1) is 5.10 Å². The molecule has 0 saturated heterocycles. The van der Waals surface area contributed by atoms with Crippen LogP contribution in [0.25, 0.3) is 22.5 Å². The minimum Gasteiger partial charge on any atom is -0.444 e. The fourth-order valence-corrected chi connectivity index (χ4v) is 6.68. The molecule has 270 valence electrons. The largest absolute Gasteiger partial charge is 0.444 e. The van der Waals surface area contributed by atoms with Crippen LogP contribution in [0.2, 0.25) is 0 Å². The number of nitrogens with zero attached hydrogens (tertiary/aromatic N) is 4. The lowest BCUT2D eigenvalue weighted by Gasteiger charge is -2.36. The average molecular weight is 707 g/mol. The normalized spacial score (nSPS) is 12.2. The fourth-order valence-electron chi connectivity index (χ4n) is 6.68. The number of hydrogen-bond acceptors (Lipinski definition) is 7. The average Bonchev–Trinajstić information content (AvgIpc) is 3.66. The molecule has 6 aromatic rings. The quantitative estimate of drug-likeness (QED) is 0.110. The van der Waals surface area contributed by atoms with Crippen molar-refractivity contribution in [1.29, 1.82) is 0 Å². The van der Waals surface area contributed by atoms with Crippen LogP contribution in [-0.2, 0) is 21.6 Å². The molecule has 0 saturated carbocycles. The van der Waals surface area contributed by atoms with E-state index in [-0.39, 0.29) is 12.3 Å². The number of hydrogen-bond donors (Lipinski definition) is 2. The third kappa shape index (κ3) is 8.42. The summed E-state index contributed by atoms with van der Waals surface area (Å²) in [6.45, 7) is 7.98. The molecule has 0 spiro atoms. The molecule has 0 aliphatic heterocycles. The maximum absolute atomic E-state index is 12.9. The van der Waals surface area contributed by atoms with Gasteiger partial charge >= 0.3 is 6.09 Å². The van der Waals surface area contributed by atoms with Crippen LogP contribution < -0.4 is 10.6 Å². The van der Waals surface area contributed by atoms with Gasteiger partial charge < -0.3 is 15.4 Å². The number of nitrogens with one attached hydrogen (secondary N) is 2. The number of ether oxygens (including phenoxy) is 1. The first-order valence-corrected chi connectivity index (χ1v) is 18.1. The lowest BCUT2D eigenvalue weighted by molar-refractivity contribution is -0.121. The summed E-state index contributed by atoms with van der Waals surface area (Å²) in [6, 6.07) is 46.9. The molecule has 2 N–H and O–H groups in total. The third-order valence-corrected chi connectivity index (χ3v) is 9.08. The Kier molecular flexibility index (Phi) is 11.5. The van der Waals surface area contributed by atoms with Crippen LogP contribution in [0, 0.1) is 0 Å². The van der Waals surface area contributed by atoms with Crippen molar-refractivity contribution in [3.8, 4) is 22.5 Å². The van der Waals surface area contributed by atoms with Gasteiger partial charge in [-0.3, -0.25) is 4.79 Å². The lowest BCUT2D eigenvalue weighted by atomic mass is 9.77. The highest BCUT2D eigenvalue weighted by atomic mass is 16.6. The second-order valence-electron chi connectivity index (χ2n) is 14.0. The molecule has 0 bridgehead atoms. The van der Waals surface area contributed by atoms with Gasteiger partial charge in [0.1, 0.15) is 11.1 Å². The molecule has 0 aliphatic rings. The van der Waals surface area contributed by atoms with Crippen LogP contribution in [0.15, 0.2) is 140 Å². The van der Waals surface area contributed by atoms with Crippen LogP contribution >= 0.6 is 0 Å². The summed E-state index contributed by atoms with van der Waals surface area (Å²) in [5.74, 6) is 0.669. The maximum atomic E-state index is 12.9. The van der Waals surface area contributed by atoms with Gasteiger partial charge in [-0.25, -0.2) is 9.48 Å². The van der Waals surface area contributed by atoms with Crippen molar-refractivity contribution in [2.75, 3.05) is 6.54 Å². The van der Waals surface area contributed by atoms with E-state index in [0.29, 0.717) is 18.8 Å². The molecule has 9 nitrogen and oxygen atoms in total. The predicted octanol–water partition coefficient (Wildman–Crippen LogP) is 8.20.